The number of hydrogen-bond donors (Lipinski definition) is 1. The number of benzene rings is 1. The van der Waals surface area contributed by atoms with Gasteiger partial charge in [0.05, 0.1) is 29.5 Å². The van der Waals surface area contributed by atoms with Crippen molar-refractivity contribution in [3.05, 3.63) is 65.4 Å². The molecule has 170 valence electrons. The molecule has 0 bridgehead atoms. The molecule has 10 heteroatoms. The molecule has 0 aliphatic carbocycles. The second kappa shape index (κ2) is 8.71. The molecule has 1 aromatic carbocycles. The molecule has 0 saturated heterocycles. The van der Waals surface area contributed by atoms with Crippen LogP contribution in [0.4, 0.5) is 5.95 Å². The number of thiophene rings is 1. The average Bonchev–Trinajstić information content (AvgIpc) is 3.49. The van der Waals surface area contributed by atoms with Gasteiger partial charge >= 0.3 is 0 Å². The van der Waals surface area contributed by atoms with Gasteiger partial charge in [0, 0.05) is 30.9 Å². The minimum Gasteiger partial charge on any atom is -0.490 e. The molecule has 0 saturated carbocycles. The predicted molar refractivity (Wildman–Crippen MR) is 129 cm³/mol. The average molecular weight is 472 g/mol. The molecule has 1 aliphatic rings. The van der Waals surface area contributed by atoms with Crippen LogP contribution < -0.4 is 14.8 Å². The Labute approximate surface area is 199 Å². The van der Waals surface area contributed by atoms with Gasteiger partial charge in [-0.1, -0.05) is 12.1 Å². The van der Waals surface area contributed by atoms with Gasteiger partial charge in [0.15, 0.2) is 17.3 Å². The second-order valence-electron chi connectivity index (χ2n) is 7.83. The Morgan fingerprint density at radius 3 is 2.85 bits per heavy atom. The standard InChI is InChI=1S/C24H21N7O2S/c1-15-17(14-27-24-29-22(30-31(15)24)21-4-2-11-34-21)18-7-8-25-23(28-18)26-13-16-5-6-19-20(12-16)33-10-3-9-32-19/h2,4-8,11-12,14H,3,9-10,13H2,1H3,(H,25,26,28). The van der Waals surface area contributed by atoms with E-state index >= 15 is 0 Å². The lowest BCUT2D eigenvalue weighted by Crippen LogP contribution is -2.05. The monoisotopic (exact) mass is 471 g/mol. The van der Waals surface area contributed by atoms with E-state index in [0.717, 1.165) is 45.3 Å². The normalized spacial score (nSPS) is 13.1. The van der Waals surface area contributed by atoms with Crippen molar-refractivity contribution < 1.29 is 9.47 Å². The summed E-state index contributed by atoms with van der Waals surface area (Å²) in [5, 5.41) is 9.96. The highest BCUT2D eigenvalue weighted by Crippen LogP contribution is 2.31. The zero-order valence-electron chi connectivity index (χ0n) is 18.4. The van der Waals surface area contributed by atoms with Crippen molar-refractivity contribution in [3.8, 4) is 33.5 Å². The van der Waals surface area contributed by atoms with Crippen LogP contribution in [0.1, 0.15) is 17.7 Å². The highest BCUT2D eigenvalue weighted by molar-refractivity contribution is 7.13. The molecule has 1 aliphatic heterocycles. The summed E-state index contributed by atoms with van der Waals surface area (Å²) in [7, 11) is 0. The molecule has 5 heterocycles. The van der Waals surface area contributed by atoms with Gasteiger partial charge in [0.25, 0.3) is 5.78 Å². The minimum absolute atomic E-state index is 0.530. The topological polar surface area (TPSA) is 99.4 Å². The maximum Gasteiger partial charge on any atom is 0.252 e. The van der Waals surface area contributed by atoms with Gasteiger partial charge in [-0.25, -0.2) is 19.5 Å². The molecular weight excluding hydrogens is 450 g/mol. The summed E-state index contributed by atoms with van der Waals surface area (Å²) in [6.45, 7) is 3.88. The Balaban J connectivity index is 1.24. The van der Waals surface area contributed by atoms with E-state index in [2.05, 4.69) is 25.4 Å². The molecule has 5 aromatic rings. The van der Waals surface area contributed by atoms with Crippen molar-refractivity contribution in [2.24, 2.45) is 0 Å². The van der Waals surface area contributed by atoms with Crippen LogP contribution in [-0.4, -0.2) is 42.8 Å². The smallest absolute Gasteiger partial charge is 0.252 e. The van der Waals surface area contributed by atoms with Gasteiger partial charge < -0.3 is 14.8 Å². The van der Waals surface area contributed by atoms with Crippen molar-refractivity contribution in [2.75, 3.05) is 18.5 Å². The molecular formula is C24H21N7O2S. The van der Waals surface area contributed by atoms with Crippen molar-refractivity contribution >= 4 is 23.1 Å². The van der Waals surface area contributed by atoms with Crippen LogP contribution in [0.3, 0.4) is 0 Å². The maximum absolute atomic E-state index is 5.79. The Morgan fingerprint density at radius 1 is 1.06 bits per heavy atom. The van der Waals surface area contributed by atoms with Crippen LogP contribution >= 0.6 is 11.3 Å². The number of nitrogens with one attached hydrogen (secondary N) is 1. The van der Waals surface area contributed by atoms with Crippen LogP contribution in [0.15, 0.2) is 54.2 Å². The Bertz CT molecular complexity index is 1470. The molecule has 0 fully saturated rings. The van der Waals surface area contributed by atoms with E-state index in [4.69, 9.17) is 14.5 Å². The first-order chi connectivity index (χ1) is 16.7. The van der Waals surface area contributed by atoms with E-state index in [1.165, 1.54) is 0 Å². The lowest BCUT2D eigenvalue weighted by Gasteiger charge is -2.11. The van der Waals surface area contributed by atoms with E-state index in [9.17, 15) is 0 Å². The minimum atomic E-state index is 0.530. The lowest BCUT2D eigenvalue weighted by atomic mass is 10.2. The first-order valence-corrected chi connectivity index (χ1v) is 11.8. The van der Waals surface area contributed by atoms with Crippen molar-refractivity contribution in [3.63, 3.8) is 0 Å². The molecule has 0 radical (unpaired) electrons. The first kappa shape index (κ1) is 20.5. The molecule has 6 rings (SSSR count). The van der Waals surface area contributed by atoms with Gasteiger partial charge in [-0.05, 0) is 42.1 Å². The zero-order chi connectivity index (χ0) is 22.9. The van der Waals surface area contributed by atoms with Crippen LogP contribution in [0.2, 0.25) is 0 Å². The molecule has 1 N–H and O–H groups in total. The maximum atomic E-state index is 5.79. The molecule has 34 heavy (non-hydrogen) atoms. The fourth-order valence-electron chi connectivity index (χ4n) is 3.80. The van der Waals surface area contributed by atoms with Gasteiger partial charge in [-0.3, -0.25) is 0 Å². The number of anilines is 1. The molecule has 4 aromatic heterocycles. The second-order valence-corrected chi connectivity index (χ2v) is 8.78. The largest absolute Gasteiger partial charge is 0.490 e. The summed E-state index contributed by atoms with van der Waals surface area (Å²) in [5.41, 5.74) is 3.60. The summed E-state index contributed by atoms with van der Waals surface area (Å²) in [4.78, 5) is 19.2. The number of aryl methyl sites for hydroxylation is 1. The summed E-state index contributed by atoms with van der Waals surface area (Å²) >= 11 is 1.60. The third kappa shape index (κ3) is 3.92. The van der Waals surface area contributed by atoms with E-state index in [1.807, 2.05) is 48.7 Å². The van der Waals surface area contributed by atoms with E-state index in [0.29, 0.717) is 37.3 Å². The quantitative estimate of drug-likeness (QED) is 0.403. The number of rotatable bonds is 5. The van der Waals surface area contributed by atoms with Gasteiger partial charge in [0.1, 0.15) is 0 Å². The number of aromatic nitrogens is 6. The fraction of sp³-hybridized carbons (Fsp3) is 0.208. The molecule has 0 spiro atoms. The molecule has 9 nitrogen and oxygen atoms in total. The van der Waals surface area contributed by atoms with E-state index < -0.39 is 0 Å². The summed E-state index contributed by atoms with van der Waals surface area (Å²) in [5.74, 6) is 3.32. The summed E-state index contributed by atoms with van der Waals surface area (Å²) in [6, 6.07) is 11.8. The SMILES string of the molecule is Cc1c(-c2ccnc(NCc3ccc4c(c3)OCCCO4)n2)cnc2nc(-c3cccs3)nn12. The highest BCUT2D eigenvalue weighted by Gasteiger charge is 2.15. The highest BCUT2D eigenvalue weighted by atomic mass is 32.1. The summed E-state index contributed by atoms with van der Waals surface area (Å²) < 4.78 is 13.3. The van der Waals surface area contributed by atoms with Crippen LogP contribution in [0, 0.1) is 6.92 Å². The van der Waals surface area contributed by atoms with E-state index in [1.54, 1.807) is 28.2 Å². The number of hydrogen-bond acceptors (Lipinski definition) is 9. The molecule has 0 unspecified atom stereocenters. The first-order valence-electron chi connectivity index (χ1n) is 11.0. The lowest BCUT2D eigenvalue weighted by molar-refractivity contribution is 0.297. The number of fused-ring (bicyclic) bond motifs is 2. The van der Waals surface area contributed by atoms with Crippen LogP contribution in [0.25, 0.3) is 27.7 Å². The number of ether oxygens (including phenoxy) is 2. The third-order valence-electron chi connectivity index (χ3n) is 5.54. The fourth-order valence-corrected chi connectivity index (χ4v) is 4.45. The Hall–Kier alpha value is -4.05. The van der Waals surface area contributed by atoms with Crippen molar-refractivity contribution in [1.29, 1.82) is 0 Å². The molecule has 0 atom stereocenters. The van der Waals surface area contributed by atoms with Crippen molar-refractivity contribution in [1.82, 2.24) is 29.5 Å². The van der Waals surface area contributed by atoms with Gasteiger partial charge in [0.2, 0.25) is 5.95 Å². The van der Waals surface area contributed by atoms with Gasteiger partial charge in [-0.15, -0.1) is 16.4 Å². The number of nitrogens with zero attached hydrogens (tertiary/aromatic N) is 6. The van der Waals surface area contributed by atoms with E-state index in [-0.39, 0.29) is 0 Å². The van der Waals surface area contributed by atoms with Crippen molar-refractivity contribution in [2.45, 2.75) is 19.9 Å². The molecule has 0 amide bonds. The predicted octanol–water partition coefficient (Wildman–Crippen LogP) is 4.39. The van der Waals surface area contributed by atoms with Crippen LogP contribution in [-0.2, 0) is 6.54 Å². The summed E-state index contributed by atoms with van der Waals surface area (Å²) in [6.07, 6.45) is 4.40. The third-order valence-corrected chi connectivity index (χ3v) is 6.41. The van der Waals surface area contributed by atoms with Crippen LogP contribution in [0.5, 0.6) is 11.5 Å². The zero-order valence-corrected chi connectivity index (χ0v) is 19.2. The Morgan fingerprint density at radius 2 is 1.97 bits per heavy atom. The van der Waals surface area contributed by atoms with Gasteiger partial charge in [-0.2, -0.15) is 4.98 Å². The Kier molecular flexibility index (Phi) is 5.27.